The van der Waals surface area contributed by atoms with Gasteiger partial charge in [-0.2, -0.15) is 0 Å². The molecule has 1 aromatic carbocycles. The van der Waals surface area contributed by atoms with Gasteiger partial charge in [0.1, 0.15) is 5.75 Å². The van der Waals surface area contributed by atoms with Gasteiger partial charge in [0.2, 0.25) is 6.10 Å². The summed E-state index contributed by atoms with van der Waals surface area (Å²) in [5.74, 6) is 0.596. The lowest BCUT2D eigenvalue weighted by Gasteiger charge is -2.12. The average Bonchev–Trinajstić information content (AvgIpc) is 2.96. The van der Waals surface area contributed by atoms with E-state index in [4.69, 9.17) is 9.57 Å². The Bertz CT molecular complexity index is 529. The predicted molar refractivity (Wildman–Crippen MR) is 80.6 cm³/mol. The minimum Gasteiger partial charge on any atom is -0.496 e. The van der Waals surface area contributed by atoms with Crippen molar-refractivity contribution in [3.8, 4) is 5.75 Å². The van der Waals surface area contributed by atoms with Gasteiger partial charge in [0.05, 0.1) is 12.8 Å². The summed E-state index contributed by atoms with van der Waals surface area (Å²) < 4.78 is 5.30. The highest BCUT2D eigenvalue weighted by atomic mass is 16.6. The van der Waals surface area contributed by atoms with Crippen molar-refractivity contribution >= 4 is 11.6 Å². The number of oxime groups is 1. The summed E-state index contributed by atoms with van der Waals surface area (Å²) in [6.07, 6.45) is -0.110. The van der Waals surface area contributed by atoms with E-state index >= 15 is 0 Å². The zero-order valence-corrected chi connectivity index (χ0v) is 12.6. The summed E-state index contributed by atoms with van der Waals surface area (Å²) in [4.78, 5) is 19.3. The van der Waals surface area contributed by atoms with E-state index in [1.807, 2.05) is 43.3 Å². The van der Waals surface area contributed by atoms with Crippen molar-refractivity contribution in [1.29, 1.82) is 0 Å². The Balaban J connectivity index is 1.92. The Morgan fingerprint density at radius 1 is 1.48 bits per heavy atom. The Labute approximate surface area is 124 Å². The number of likely N-dealkylation sites (N-methyl/N-ethyl adjacent to an activating group) is 1. The molecule has 0 spiro atoms. The van der Waals surface area contributed by atoms with E-state index in [9.17, 15) is 4.79 Å². The van der Waals surface area contributed by atoms with Gasteiger partial charge in [-0.3, -0.25) is 4.79 Å². The molecule has 0 bridgehead atoms. The molecule has 1 atom stereocenters. The summed E-state index contributed by atoms with van der Waals surface area (Å²) in [6.45, 7) is 1.38. The first-order chi connectivity index (χ1) is 10.1. The highest BCUT2D eigenvalue weighted by Gasteiger charge is 2.29. The number of hydrogen-bond acceptors (Lipinski definition) is 5. The molecule has 0 saturated carbocycles. The number of benzene rings is 1. The maximum absolute atomic E-state index is 12.0. The average molecular weight is 291 g/mol. The monoisotopic (exact) mass is 291 g/mol. The Morgan fingerprint density at radius 2 is 2.24 bits per heavy atom. The topological polar surface area (TPSA) is 63.2 Å². The van der Waals surface area contributed by atoms with Crippen LogP contribution in [0.3, 0.4) is 0 Å². The van der Waals surface area contributed by atoms with Gasteiger partial charge in [-0.25, -0.2) is 0 Å². The molecule has 21 heavy (non-hydrogen) atoms. The Morgan fingerprint density at radius 3 is 2.95 bits per heavy atom. The van der Waals surface area contributed by atoms with Crippen LogP contribution in [0.1, 0.15) is 12.0 Å². The van der Waals surface area contributed by atoms with Crippen LogP contribution in [-0.4, -0.2) is 56.9 Å². The molecule has 0 aromatic heterocycles. The van der Waals surface area contributed by atoms with E-state index in [0.717, 1.165) is 23.6 Å². The molecule has 0 unspecified atom stereocenters. The van der Waals surface area contributed by atoms with E-state index in [1.54, 1.807) is 7.11 Å². The summed E-state index contributed by atoms with van der Waals surface area (Å²) in [5.41, 5.74) is 1.60. The molecule has 6 nitrogen and oxygen atoms in total. The zero-order chi connectivity index (χ0) is 15.2. The lowest BCUT2D eigenvalue weighted by molar-refractivity contribution is -0.131. The van der Waals surface area contributed by atoms with Gasteiger partial charge in [0, 0.05) is 25.1 Å². The van der Waals surface area contributed by atoms with Gasteiger partial charge in [-0.1, -0.05) is 17.3 Å². The van der Waals surface area contributed by atoms with Crippen molar-refractivity contribution in [1.82, 2.24) is 10.2 Å². The first-order valence-corrected chi connectivity index (χ1v) is 6.90. The summed E-state index contributed by atoms with van der Waals surface area (Å²) in [5, 5.41) is 6.87. The molecular formula is C15H21N3O3. The second-order valence-corrected chi connectivity index (χ2v) is 5.13. The van der Waals surface area contributed by atoms with Crippen LogP contribution < -0.4 is 10.1 Å². The minimum absolute atomic E-state index is 0.134. The van der Waals surface area contributed by atoms with E-state index in [-0.39, 0.29) is 5.91 Å². The molecule has 1 heterocycles. The third-order valence-electron chi connectivity index (χ3n) is 3.24. The van der Waals surface area contributed by atoms with Crippen LogP contribution in [0.5, 0.6) is 5.75 Å². The lowest BCUT2D eigenvalue weighted by atomic mass is 10.0. The van der Waals surface area contributed by atoms with Crippen LogP contribution in [0.2, 0.25) is 0 Å². The van der Waals surface area contributed by atoms with Crippen molar-refractivity contribution in [3.63, 3.8) is 0 Å². The first kappa shape index (κ1) is 15.3. The number of carbonyl (C=O) groups excluding carboxylic acids is 1. The molecule has 1 aromatic rings. The maximum Gasteiger partial charge on any atom is 0.264 e. The van der Waals surface area contributed by atoms with Crippen molar-refractivity contribution in [2.75, 3.05) is 34.3 Å². The predicted octanol–water partition coefficient (Wildman–Crippen LogP) is 0.866. The van der Waals surface area contributed by atoms with Gasteiger partial charge < -0.3 is 19.8 Å². The Kier molecular flexibility index (Phi) is 5.16. The summed E-state index contributed by atoms with van der Waals surface area (Å²) in [7, 11) is 5.53. The van der Waals surface area contributed by atoms with E-state index in [0.29, 0.717) is 13.0 Å². The van der Waals surface area contributed by atoms with E-state index in [2.05, 4.69) is 10.5 Å². The van der Waals surface area contributed by atoms with E-state index < -0.39 is 6.10 Å². The molecule has 0 saturated heterocycles. The fraction of sp³-hybridized carbons (Fsp3) is 0.467. The third-order valence-corrected chi connectivity index (χ3v) is 3.24. The number of hydrogen-bond donors (Lipinski definition) is 1. The number of ether oxygens (including phenoxy) is 1. The van der Waals surface area contributed by atoms with Crippen LogP contribution in [0, 0.1) is 0 Å². The smallest absolute Gasteiger partial charge is 0.264 e. The summed E-state index contributed by atoms with van der Waals surface area (Å²) >= 11 is 0. The Hall–Kier alpha value is -2.08. The lowest BCUT2D eigenvalue weighted by Crippen LogP contribution is -2.38. The van der Waals surface area contributed by atoms with Gasteiger partial charge in [0.25, 0.3) is 5.91 Å². The molecule has 1 N–H and O–H groups in total. The van der Waals surface area contributed by atoms with Crippen LogP contribution in [-0.2, 0) is 9.63 Å². The van der Waals surface area contributed by atoms with E-state index in [1.165, 1.54) is 0 Å². The standard InChI is InChI=1S/C15H21N3O3/c1-18(2)9-8-16-15(19)14-10-12(17-21-14)11-6-4-5-7-13(11)20-3/h4-7,14H,8-10H2,1-3H3,(H,16,19)/t14-/m1/s1. The zero-order valence-electron chi connectivity index (χ0n) is 12.6. The fourth-order valence-corrected chi connectivity index (χ4v) is 2.08. The highest BCUT2D eigenvalue weighted by molar-refractivity contribution is 6.05. The number of methoxy groups -OCH3 is 1. The number of carbonyl (C=O) groups is 1. The molecule has 0 aliphatic carbocycles. The number of rotatable bonds is 6. The second kappa shape index (κ2) is 7.08. The number of nitrogens with zero attached hydrogens (tertiary/aromatic N) is 2. The maximum atomic E-state index is 12.0. The highest BCUT2D eigenvalue weighted by Crippen LogP contribution is 2.24. The first-order valence-electron chi connectivity index (χ1n) is 6.90. The van der Waals surface area contributed by atoms with Gasteiger partial charge in [0.15, 0.2) is 0 Å². The molecule has 2 rings (SSSR count). The van der Waals surface area contributed by atoms with Crippen molar-refractivity contribution in [3.05, 3.63) is 29.8 Å². The number of amides is 1. The largest absolute Gasteiger partial charge is 0.496 e. The minimum atomic E-state index is -0.563. The molecule has 1 aliphatic rings. The van der Waals surface area contributed by atoms with Crippen molar-refractivity contribution in [2.45, 2.75) is 12.5 Å². The molecule has 1 amide bonds. The van der Waals surface area contributed by atoms with Crippen molar-refractivity contribution in [2.24, 2.45) is 5.16 Å². The van der Waals surface area contributed by atoms with Crippen molar-refractivity contribution < 1.29 is 14.4 Å². The molecule has 6 heteroatoms. The molecule has 0 fully saturated rings. The fourth-order valence-electron chi connectivity index (χ4n) is 2.08. The molecule has 1 aliphatic heterocycles. The van der Waals surface area contributed by atoms with Crippen LogP contribution >= 0.6 is 0 Å². The van der Waals surface area contributed by atoms with Gasteiger partial charge in [-0.15, -0.1) is 0 Å². The number of nitrogens with one attached hydrogen (secondary N) is 1. The van der Waals surface area contributed by atoms with Crippen LogP contribution in [0.25, 0.3) is 0 Å². The molecular weight excluding hydrogens is 270 g/mol. The van der Waals surface area contributed by atoms with Gasteiger partial charge >= 0.3 is 0 Å². The quantitative estimate of drug-likeness (QED) is 0.844. The van der Waals surface area contributed by atoms with Gasteiger partial charge in [-0.05, 0) is 26.2 Å². The molecule has 114 valence electrons. The molecule has 0 radical (unpaired) electrons. The normalized spacial score (nSPS) is 17.3. The van der Waals surface area contributed by atoms with Crippen LogP contribution in [0.15, 0.2) is 29.4 Å². The van der Waals surface area contributed by atoms with Crippen LogP contribution in [0.4, 0.5) is 0 Å². The third kappa shape index (κ3) is 3.95. The SMILES string of the molecule is COc1ccccc1C1=NO[C@@H](C(=O)NCCN(C)C)C1. The second-order valence-electron chi connectivity index (χ2n) is 5.13. The number of para-hydroxylation sites is 1. The summed E-state index contributed by atoms with van der Waals surface area (Å²) in [6, 6.07) is 7.57.